The smallest absolute Gasteiger partial charge is 0.274 e. The molecule has 1 aromatic carbocycles. The van der Waals surface area contributed by atoms with Crippen molar-refractivity contribution in [3.63, 3.8) is 0 Å². The molecule has 0 fully saturated rings. The summed E-state index contributed by atoms with van der Waals surface area (Å²) in [7, 11) is 0. The summed E-state index contributed by atoms with van der Waals surface area (Å²) >= 11 is 0. The molecule has 1 heterocycles. The zero-order valence-electron chi connectivity index (χ0n) is 14.9. The molecular weight excluding hydrogens is 304 g/mol. The minimum Gasteiger partial charge on any atom is -0.349 e. The Balaban J connectivity index is 2.32. The lowest BCUT2D eigenvalue weighted by Crippen LogP contribution is -2.36. The number of nitrogens with zero attached hydrogens (tertiary/aromatic N) is 3. The summed E-state index contributed by atoms with van der Waals surface area (Å²) in [5, 5.41) is 8.35. The zero-order chi connectivity index (χ0) is 17.7. The summed E-state index contributed by atoms with van der Waals surface area (Å²) in [5.41, 5.74) is 0.138. The largest absolute Gasteiger partial charge is 0.349 e. The van der Waals surface area contributed by atoms with Crippen molar-refractivity contribution in [3.05, 3.63) is 40.3 Å². The van der Waals surface area contributed by atoms with Gasteiger partial charge in [-0.1, -0.05) is 32.0 Å². The highest BCUT2D eigenvalue weighted by Crippen LogP contribution is 2.14. The molecule has 1 N–H and O–H groups in total. The van der Waals surface area contributed by atoms with Crippen LogP contribution in [0.2, 0.25) is 0 Å². The first-order valence-corrected chi connectivity index (χ1v) is 8.51. The Morgan fingerprint density at radius 1 is 1.21 bits per heavy atom. The standard InChI is InChI=1S/C18H26N4O2/c1-5-21(6-2)12-11-19-17(23)16-14-9-7-8-10-15(14)18(24)22(20-16)13(3)4/h7-10,13H,5-6,11-12H2,1-4H3,(H,19,23). The van der Waals surface area contributed by atoms with E-state index in [0.29, 0.717) is 23.0 Å². The van der Waals surface area contributed by atoms with Crippen LogP contribution in [0.4, 0.5) is 0 Å². The molecule has 0 spiro atoms. The second-order valence-electron chi connectivity index (χ2n) is 6.02. The Labute approximate surface area is 142 Å². The molecule has 0 bridgehead atoms. The van der Waals surface area contributed by atoms with E-state index in [-0.39, 0.29) is 17.5 Å². The van der Waals surface area contributed by atoms with E-state index in [2.05, 4.69) is 29.2 Å². The molecule has 0 aliphatic rings. The van der Waals surface area contributed by atoms with E-state index in [4.69, 9.17) is 0 Å². The van der Waals surface area contributed by atoms with Crippen LogP contribution in [0.1, 0.15) is 44.2 Å². The third-order valence-corrected chi connectivity index (χ3v) is 4.14. The maximum Gasteiger partial charge on any atom is 0.274 e. The fourth-order valence-electron chi connectivity index (χ4n) is 2.68. The molecule has 0 saturated carbocycles. The fourth-order valence-corrected chi connectivity index (χ4v) is 2.68. The normalized spacial score (nSPS) is 11.4. The van der Waals surface area contributed by atoms with E-state index >= 15 is 0 Å². The van der Waals surface area contributed by atoms with Crippen LogP contribution in [0.3, 0.4) is 0 Å². The molecule has 0 aliphatic carbocycles. The quantitative estimate of drug-likeness (QED) is 0.844. The van der Waals surface area contributed by atoms with Gasteiger partial charge in [0.15, 0.2) is 5.69 Å². The molecule has 130 valence electrons. The molecular formula is C18H26N4O2. The first-order valence-electron chi connectivity index (χ1n) is 8.51. The molecule has 1 amide bonds. The van der Waals surface area contributed by atoms with Gasteiger partial charge in [0.25, 0.3) is 11.5 Å². The number of fused-ring (bicyclic) bond motifs is 1. The van der Waals surface area contributed by atoms with Gasteiger partial charge in [-0.25, -0.2) is 4.68 Å². The van der Waals surface area contributed by atoms with Crippen molar-refractivity contribution >= 4 is 16.7 Å². The number of rotatable bonds is 7. The van der Waals surface area contributed by atoms with Crippen molar-refractivity contribution in [2.24, 2.45) is 0 Å². The Morgan fingerprint density at radius 2 is 1.83 bits per heavy atom. The van der Waals surface area contributed by atoms with Gasteiger partial charge < -0.3 is 10.2 Å². The lowest BCUT2D eigenvalue weighted by Gasteiger charge is -2.18. The summed E-state index contributed by atoms with van der Waals surface area (Å²) in [5.74, 6) is -0.243. The van der Waals surface area contributed by atoms with Gasteiger partial charge in [-0.3, -0.25) is 9.59 Å². The summed E-state index contributed by atoms with van der Waals surface area (Å²) in [6.07, 6.45) is 0. The van der Waals surface area contributed by atoms with Crippen LogP contribution >= 0.6 is 0 Å². The highest BCUT2D eigenvalue weighted by molar-refractivity contribution is 6.04. The summed E-state index contributed by atoms with van der Waals surface area (Å²) in [6.45, 7) is 11.2. The molecule has 0 saturated heterocycles. The number of likely N-dealkylation sites (N-methyl/N-ethyl adjacent to an activating group) is 1. The highest BCUT2D eigenvalue weighted by atomic mass is 16.2. The molecule has 6 heteroatoms. The van der Waals surface area contributed by atoms with Crippen molar-refractivity contribution in [2.45, 2.75) is 33.7 Å². The van der Waals surface area contributed by atoms with Gasteiger partial charge >= 0.3 is 0 Å². The first-order chi connectivity index (χ1) is 11.5. The Hall–Kier alpha value is -2.21. The number of aromatic nitrogens is 2. The van der Waals surface area contributed by atoms with Crippen molar-refractivity contribution in [3.8, 4) is 0 Å². The van der Waals surface area contributed by atoms with Gasteiger partial charge in [-0.05, 0) is 33.0 Å². The molecule has 0 aliphatic heterocycles. The van der Waals surface area contributed by atoms with Gasteiger partial charge in [-0.15, -0.1) is 0 Å². The maximum absolute atomic E-state index is 12.6. The van der Waals surface area contributed by atoms with Crippen LogP contribution in [-0.4, -0.2) is 46.8 Å². The van der Waals surface area contributed by atoms with E-state index in [1.807, 2.05) is 19.9 Å². The topological polar surface area (TPSA) is 67.2 Å². The number of hydrogen-bond acceptors (Lipinski definition) is 4. The Morgan fingerprint density at radius 3 is 2.42 bits per heavy atom. The van der Waals surface area contributed by atoms with Crippen molar-refractivity contribution < 1.29 is 4.79 Å². The third kappa shape index (κ3) is 3.82. The van der Waals surface area contributed by atoms with E-state index in [0.717, 1.165) is 19.6 Å². The van der Waals surface area contributed by atoms with Crippen molar-refractivity contribution in [2.75, 3.05) is 26.2 Å². The van der Waals surface area contributed by atoms with Crippen LogP contribution in [0, 0.1) is 0 Å². The molecule has 6 nitrogen and oxygen atoms in total. The lowest BCUT2D eigenvalue weighted by atomic mass is 10.1. The SMILES string of the molecule is CCN(CC)CCNC(=O)c1nn(C(C)C)c(=O)c2ccccc12. The molecule has 0 radical (unpaired) electrons. The maximum atomic E-state index is 12.6. The summed E-state index contributed by atoms with van der Waals surface area (Å²) in [6, 6.07) is 7.02. The second kappa shape index (κ2) is 8.06. The number of nitrogens with one attached hydrogen (secondary N) is 1. The first kappa shape index (κ1) is 18.1. The molecule has 2 rings (SSSR count). The van der Waals surface area contributed by atoms with Gasteiger partial charge in [-0.2, -0.15) is 5.10 Å². The Kier molecular flexibility index (Phi) is 6.09. The number of benzene rings is 1. The minimum atomic E-state index is -0.243. The average Bonchev–Trinajstić information content (AvgIpc) is 2.58. The predicted octanol–water partition coefficient (Wildman–Crippen LogP) is 2.05. The monoisotopic (exact) mass is 330 g/mol. The zero-order valence-corrected chi connectivity index (χ0v) is 14.9. The number of carbonyl (C=O) groups excluding carboxylic acids is 1. The van der Waals surface area contributed by atoms with Crippen LogP contribution in [-0.2, 0) is 0 Å². The second-order valence-corrected chi connectivity index (χ2v) is 6.02. The molecule has 0 atom stereocenters. The van der Waals surface area contributed by atoms with Crippen molar-refractivity contribution in [1.82, 2.24) is 20.0 Å². The van der Waals surface area contributed by atoms with Crippen LogP contribution in [0.5, 0.6) is 0 Å². The highest BCUT2D eigenvalue weighted by Gasteiger charge is 2.17. The van der Waals surface area contributed by atoms with Crippen LogP contribution in [0.15, 0.2) is 29.1 Å². The Bertz CT molecular complexity index is 763. The molecule has 24 heavy (non-hydrogen) atoms. The minimum absolute atomic E-state index is 0.107. The summed E-state index contributed by atoms with van der Waals surface area (Å²) in [4.78, 5) is 27.3. The van der Waals surface area contributed by atoms with Gasteiger partial charge in [0, 0.05) is 18.5 Å². The molecule has 0 unspecified atom stereocenters. The van der Waals surface area contributed by atoms with E-state index in [1.165, 1.54) is 4.68 Å². The predicted molar refractivity (Wildman–Crippen MR) is 96.5 cm³/mol. The van der Waals surface area contributed by atoms with Crippen LogP contribution in [0.25, 0.3) is 10.8 Å². The molecule has 2 aromatic rings. The third-order valence-electron chi connectivity index (χ3n) is 4.14. The van der Waals surface area contributed by atoms with Gasteiger partial charge in [0.1, 0.15) is 0 Å². The van der Waals surface area contributed by atoms with Gasteiger partial charge in [0.2, 0.25) is 0 Å². The molecule has 1 aromatic heterocycles. The number of amides is 1. The average molecular weight is 330 g/mol. The number of carbonyl (C=O) groups is 1. The van der Waals surface area contributed by atoms with E-state index in [9.17, 15) is 9.59 Å². The fraction of sp³-hybridized carbons (Fsp3) is 0.500. The lowest BCUT2D eigenvalue weighted by molar-refractivity contribution is 0.0943. The number of hydrogen-bond donors (Lipinski definition) is 1. The van der Waals surface area contributed by atoms with Crippen LogP contribution < -0.4 is 10.9 Å². The van der Waals surface area contributed by atoms with E-state index < -0.39 is 0 Å². The van der Waals surface area contributed by atoms with E-state index in [1.54, 1.807) is 18.2 Å². The summed E-state index contributed by atoms with van der Waals surface area (Å²) < 4.78 is 1.38. The van der Waals surface area contributed by atoms with Crippen molar-refractivity contribution in [1.29, 1.82) is 0 Å². The van der Waals surface area contributed by atoms with Gasteiger partial charge in [0.05, 0.1) is 11.4 Å².